The topological polar surface area (TPSA) is 122 Å². The Bertz CT molecular complexity index is 726. The smallest absolute Gasteiger partial charge is 0.314 e. The van der Waals surface area contributed by atoms with Gasteiger partial charge >= 0.3 is 11.8 Å². The third-order valence-corrected chi connectivity index (χ3v) is 2.74. The predicted octanol–water partition coefficient (Wildman–Crippen LogP) is 1.07. The van der Waals surface area contributed by atoms with Crippen LogP contribution in [0.25, 0.3) is 0 Å². The standard InChI is InChI=1S/C15H13N3O4/c16-13(20)9-4-6-10(7-5-9)17-14(21)15(22)18-11-2-1-3-12(19)8-11/h1-8,19H,(H2,16,20)(H,17,21)(H,18,22). The second-order valence-electron chi connectivity index (χ2n) is 4.40. The van der Waals surface area contributed by atoms with Crippen molar-refractivity contribution in [2.75, 3.05) is 10.6 Å². The van der Waals surface area contributed by atoms with Gasteiger partial charge in [-0.2, -0.15) is 0 Å². The number of rotatable bonds is 3. The van der Waals surface area contributed by atoms with Crippen LogP contribution in [0.3, 0.4) is 0 Å². The Balaban J connectivity index is 1.99. The highest BCUT2D eigenvalue weighted by Gasteiger charge is 2.14. The lowest BCUT2D eigenvalue weighted by atomic mass is 10.2. The van der Waals surface area contributed by atoms with Crippen molar-refractivity contribution in [2.24, 2.45) is 5.73 Å². The molecule has 0 atom stereocenters. The summed E-state index contributed by atoms with van der Waals surface area (Å²) in [6.45, 7) is 0. The lowest BCUT2D eigenvalue weighted by molar-refractivity contribution is -0.132. The van der Waals surface area contributed by atoms with Crippen LogP contribution in [-0.4, -0.2) is 22.8 Å². The van der Waals surface area contributed by atoms with E-state index in [-0.39, 0.29) is 5.75 Å². The zero-order valence-electron chi connectivity index (χ0n) is 11.4. The van der Waals surface area contributed by atoms with E-state index in [0.717, 1.165) is 0 Å². The van der Waals surface area contributed by atoms with Gasteiger partial charge in [-0.1, -0.05) is 6.07 Å². The second kappa shape index (κ2) is 6.40. The van der Waals surface area contributed by atoms with Crippen molar-refractivity contribution in [1.82, 2.24) is 0 Å². The van der Waals surface area contributed by atoms with Crippen molar-refractivity contribution in [3.63, 3.8) is 0 Å². The average molecular weight is 299 g/mol. The molecule has 0 spiro atoms. The minimum absolute atomic E-state index is 0.0275. The molecule has 0 fully saturated rings. The Labute approximate surface area is 125 Å². The average Bonchev–Trinajstić information content (AvgIpc) is 2.47. The van der Waals surface area contributed by atoms with Crippen LogP contribution < -0.4 is 16.4 Å². The van der Waals surface area contributed by atoms with E-state index < -0.39 is 17.7 Å². The van der Waals surface area contributed by atoms with Gasteiger partial charge in [0.2, 0.25) is 5.91 Å². The van der Waals surface area contributed by atoms with Gasteiger partial charge in [0.15, 0.2) is 0 Å². The highest BCUT2D eigenvalue weighted by atomic mass is 16.3. The molecule has 5 N–H and O–H groups in total. The molecule has 112 valence electrons. The molecule has 2 aromatic rings. The van der Waals surface area contributed by atoms with Crippen LogP contribution in [0.15, 0.2) is 48.5 Å². The molecule has 0 aliphatic heterocycles. The van der Waals surface area contributed by atoms with E-state index in [1.54, 1.807) is 0 Å². The zero-order chi connectivity index (χ0) is 16.1. The van der Waals surface area contributed by atoms with Gasteiger partial charge in [0, 0.05) is 23.0 Å². The Morgan fingerprint density at radius 3 is 2.00 bits per heavy atom. The number of amides is 3. The number of nitrogens with one attached hydrogen (secondary N) is 2. The van der Waals surface area contributed by atoms with Gasteiger partial charge in [0.05, 0.1) is 0 Å². The SMILES string of the molecule is NC(=O)c1ccc(NC(=O)C(=O)Nc2cccc(O)c2)cc1. The maximum atomic E-state index is 11.7. The van der Waals surface area contributed by atoms with Gasteiger partial charge in [-0.3, -0.25) is 14.4 Å². The summed E-state index contributed by atoms with van der Waals surface area (Å²) in [5, 5.41) is 14.0. The first-order chi connectivity index (χ1) is 10.5. The van der Waals surface area contributed by atoms with Crippen molar-refractivity contribution in [1.29, 1.82) is 0 Å². The first-order valence-electron chi connectivity index (χ1n) is 6.27. The number of benzene rings is 2. The monoisotopic (exact) mass is 299 g/mol. The molecule has 0 aromatic heterocycles. The quantitative estimate of drug-likeness (QED) is 0.633. The molecule has 7 nitrogen and oxygen atoms in total. The minimum atomic E-state index is -0.885. The summed E-state index contributed by atoms with van der Waals surface area (Å²) in [5.74, 6) is -2.38. The van der Waals surface area contributed by atoms with Gasteiger partial charge < -0.3 is 21.5 Å². The summed E-state index contributed by atoms with van der Waals surface area (Å²) in [4.78, 5) is 34.4. The Morgan fingerprint density at radius 2 is 1.45 bits per heavy atom. The third kappa shape index (κ3) is 3.83. The van der Waals surface area contributed by atoms with Gasteiger partial charge in [-0.05, 0) is 36.4 Å². The molecule has 0 unspecified atom stereocenters. The van der Waals surface area contributed by atoms with E-state index in [2.05, 4.69) is 10.6 Å². The Hall–Kier alpha value is -3.35. The number of hydrogen-bond acceptors (Lipinski definition) is 4. The van der Waals surface area contributed by atoms with Crippen molar-refractivity contribution in [3.8, 4) is 5.75 Å². The fourth-order valence-corrected chi connectivity index (χ4v) is 1.68. The van der Waals surface area contributed by atoms with Gasteiger partial charge in [0.1, 0.15) is 5.75 Å². The number of anilines is 2. The molecule has 2 rings (SSSR count). The summed E-state index contributed by atoms with van der Waals surface area (Å²) in [5.41, 5.74) is 6.04. The molecule has 0 heterocycles. The van der Waals surface area contributed by atoms with E-state index in [1.165, 1.54) is 48.5 Å². The maximum absolute atomic E-state index is 11.7. The highest BCUT2D eigenvalue weighted by Crippen LogP contribution is 2.15. The fourth-order valence-electron chi connectivity index (χ4n) is 1.68. The lowest BCUT2D eigenvalue weighted by Gasteiger charge is -2.07. The Kier molecular flexibility index (Phi) is 4.38. The molecule has 0 bridgehead atoms. The number of carbonyl (C=O) groups is 3. The van der Waals surface area contributed by atoms with Gasteiger partial charge in [0.25, 0.3) is 0 Å². The molecule has 0 radical (unpaired) electrons. The number of carbonyl (C=O) groups excluding carboxylic acids is 3. The largest absolute Gasteiger partial charge is 0.508 e. The summed E-state index contributed by atoms with van der Waals surface area (Å²) >= 11 is 0. The highest BCUT2D eigenvalue weighted by molar-refractivity contribution is 6.43. The molecule has 0 saturated heterocycles. The number of hydrogen-bond donors (Lipinski definition) is 4. The number of nitrogens with two attached hydrogens (primary N) is 1. The van der Waals surface area contributed by atoms with E-state index in [9.17, 15) is 19.5 Å². The molecule has 2 aromatic carbocycles. The van der Waals surface area contributed by atoms with E-state index in [1.807, 2.05) is 0 Å². The molecule has 0 saturated carbocycles. The van der Waals surface area contributed by atoms with Crippen molar-refractivity contribution >= 4 is 29.1 Å². The van der Waals surface area contributed by atoms with E-state index in [0.29, 0.717) is 16.9 Å². The molecule has 22 heavy (non-hydrogen) atoms. The first kappa shape index (κ1) is 15.0. The minimum Gasteiger partial charge on any atom is -0.508 e. The van der Waals surface area contributed by atoms with E-state index in [4.69, 9.17) is 5.73 Å². The predicted molar refractivity (Wildman–Crippen MR) is 80.3 cm³/mol. The molecular formula is C15H13N3O4. The summed E-state index contributed by atoms with van der Waals surface area (Å²) < 4.78 is 0. The summed E-state index contributed by atoms with van der Waals surface area (Å²) in [6.07, 6.45) is 0. The number of phenols is 1. The van der Waals surface area contributed by atoms with Crippen molar-refractivity contribution in [3.05, 3.63) is 54.1 Å². The van der Waals surface area contributed by atoms with Crippen LogP contribution in [-0.2, 0) is 9.59 Å². The van der Waals surface area contributed by atoms with Crippen LogP contribution >= 0.6 is 0 Å². The van der Waals surface area contributed by atoms with Crippen LogP contribution in [0.2, 0.25) is 0 Å². The molecule has 7 heteroatoms. The van der Waals surface area contributed by atoms with E-state index >= 15 is 0 Å². The molecular weight excluding hydrogens is 286 g/mol. The first-order valence-corrected chi connectivity index (χ1v) is 6.27. The summed E-state index contributed by atoms with van der Waals surface area (Å²) in [6, 6.07) is 11.6. The third-order valence-electron chi connectivity index (χ3n) is 2.74. The van der Waals surface area contributed by atoms with Gasteiger partial charge in [-0.15, -0.1) is 0 Å². The number of primary amides is 1. The van der Waals surface area contributed by atoms with Crippen molar-refractivity contribution < 1.29 is 19.5 Å². The molecule has 3 amide bonds. The van der Waals surface area contributed by atoms with Crippen LogP contribution in [0.5, 0.6) is 5.75 Å². The number of aromatic hydroxyl groups is 1. The normalized spacial score (nSPS) is 9.82. The number of phenolic OH excluding ortho intramolecular Hbond substituents is 1. The second-order valence-corrected chi connectivity index (χ2v) is 4.40. The van der Waals surface area contributed by atoms with Crippen molar-refractivity contribution in [2.45, 2.75) is 0 Å². The lowest BCUT2D eigenvalue weighted by Crippen LogP contribution is -2.29. The molecule has 0 aliphatic rings. The zero-order valence-corrected chi connectivity index (χ0v) is 11.4. The van der Waals surface area contributed by atoms with Crippen LogP contribution in [0.4, 0.5) is 11.4 Å². The van der Waals surface area contributed by atoms with Crippen LogP contribution in [0, 0.1) is 0 Å². The van der Waals surface area contributed by atoms with Crippen LogP contribution in [0.1, 0.15) is 10.4 Å². The Morgan fingerprint density at radius 1 is 0.864 bits per heavy atom. The molecule has 0 aliphatic carbocycles. The summed E-state index contributed by atoms with van der Waals surface area (Å²) in [7, 11) is 0. The fraction of sp³-hybridized carbons (Fsp3) is 0. The van der Waals surface area contributed by atoms with Gasteiger partial charge in [-0.25, -0.2) is 0 Å². The maximum Gasteiger partial charge on any atom is 0.314 e.